The minimum absolute atomic E-state index is 0.0365. The van der Waals surface area contributed by atoms with Crippen LogP contribution in [0.25, 0.3) is 0 Å². The molecule has 7 heteroatoms. The van der Waals surface area contributed by atoms with E-state index in [1.54, 1.807) is 0 Å². The Balaban J connectivity index is 2.30. The number of rotatable bonds is 3. The van der Waals surface area contributed by atoms with Crippen LogP contribution in [0, 0.1) is 5.82 Å². The van der Waals surface area contributed by atoms with Crippen molar-refractivity contribution in [2.24, 2.45) is 0 Å². The Hall–Kier alpha value is -2.11. The third-order valence-corrected chi connectivity index (χ3v) is 3.27. The zero-order valence-electron chi connectivity index (χ0n) is 10.4. The molecule has 1 amide bonds. The second-order valence-corrected chi connectivity index (χ2v) is 4.87. The number of carboxylic acids is 1. The number of benzene rings is 2. The van der Waals surface area contributed by atoms with E-state index in [1.807, 2.05) is 0 Å². The number of anilines is 1. The molecule has 0 aliphatic carbocycles. The predicted octanol–water partition coefficient (Wildman–Crippen LogP) is 4.08. The third kappa shape index (κ3) is 3.32. The molecule has 21 heavy (non-hydrogen) atoms. The Kier molecular flexibility index (Phi) is 4.45. The smallest absolute Gasteiger partial charge is 0.337 e. The lowest BCUT2D eigenvalue weighted by molar-refractivity contribution is 0.0696. The Morgan fingerprint density at radius 3 is 2.43 bits per heavy atom. The number of hydrogen-bond donors (Lipinski definition) is 2. The highest BCUT2D eigenvalue weighted by Gasteiger charge is 2.16. The van der Waals surface area contributed by atoms with Gasteiger partial charge >= 0.3 is 5.97 Å². The molecule has 0 atom stereocenters. The summed E-state index contributed by atoms with van der Waals surface area (Å²) in [6.07, 6.45) is 0. The fraction of sp³-hybridized carbons (Fsp3) is 0. The van der Waals surface area contributed by atoms with Gasteiger partial charge in [-0.2, -0.15) is 0 Å². The van der Waals surface area contributed by atoms with Crippen LogP contribution in [0.4, 0.5) is 10.1 Å². The molecule has 0 fully saturated rings. The zero-order valence-corrected chi connectivity index (χ0v) is 11.9. The minimum atomic E-state index is -1.23. The number of halogens is 3. The Morgan fingerprint density at radius 2 is 1.76 bits per heavy atom. The lowest BCUT2D eigenvalue weighted by atomic mass is 10.1. The number of hydrogen-bond acceptors (Lipinski definition) is 2. The lowest BCUT2D eigenvalue weighted by Gasteiger charge is -2.08. The van der Waals surface area contributed by atoms with E-state index < -0.39 is 17.7 Å². The van der Waals surface area contributed by atoms with Crippen molar-refractivity contribution in [1.29, 1.82) is 0 Å². The van der Waals surface area contributed by atoms with Crippen molar-refractivity contribution in [3.63, 3.8) is 0 Å². The molecule has 2 aromatic carbocycles. The third-order valence-electron chi connectivity index (χ3n) is 2.65. The van der Waals surface area contributed by atoms with Crippen LogP contribution < -0.4 is 5.32 Å². The van der Waals surface area contributed by atoms with E-state index in [9.17, 15) is 14.0 Å². The van der Waals surface area contributed by atoms with Crippen LogP contribution >= 0.6 is 23.2 Å². The summed E-state index contributed by atoms with van der Waals surface area (Å²) in [4.78, 5) is 22.9. The predicted molar refractivity (Wildman–Crippen MR) is 77.8 cm³/mol. The van der Waals surface area contributed by atoms with E-state index in [1.165, 1.54) is 36.4 Å². The second-order valence-electron chi connectivity index (χ2n) is 4.06. The summed E-state index contributed by atoms with van der Waals surface area (Å²) >= 11 is 11.3. The highest BCUT2D eigenvalue weighted by Crippen LogP contribution is 2.22. The largest absolute Gasteiger partial charge is 0.478 e. The van der Waals surface area contributed by atoms with Gasteiger partial charge in [0, 0.05) is 5.69 Å². The maximum Gasteiger partial charge on any atom is 0.337 e. The maximum absolute atomic E-state index is 13.7. The van der Waals surface area contributed by atoms with Crippen molar-refractivity contribution >= 4 is 40.8 Å². The van der Waals surface area contributed by atoms with Crippen LogP contribution in [-0.2, 0) is 0 Å². The van der Waals surface area contributed by atoms with Gasteiger partial charge in [0.05, 0.1) is 21.2 Å². The quantitative estimate of drug-likeness (QED) is 0.892. The van der Waals surface area contributed by atoms with Crippen molar-refractivity contribution < 1.29 is 19.1 Å². The van der Waals surface area contributed by atoms with Crippen molar-refractivity contribution in [3.05, 3.63) is 63.4 Å². The Bertz CT molecular complexity index is 734. The molecule has 0 unspecified atom stereocenters. The summed E-state index contributed by atoms with van der Waals surface area (Å²) < 4.78 is 13.7. The Labute approximate surface area is 129 Å². The molecule has 2 aromatic rings. The maximum atomic E-state index is 13.7. The summed E-state index contributed by atoms with van der Waals surface area (Å²) in [5.74, 6) is -2.82. The molecule has 4 nitrogen and oxygen atoms in total. The molecule has 0 heterocycles. The number of nitrogens with one attached hydrogen (secondary N) is 1. The van der Waals surface area contributed by atoms with Crippen molar-refractivity contribution in [2.75, 3.05) is 5.32 Å². The molecule has 0 radical (unpaired) electrons. The molecular formula is C14H8Cl2FNO3. The number of aromatic carboxylic acids is 1. The van der Waals surface area contributed by atoms with Crippen molar-refractivity contribution in [2.45, 2.75) is 0 Å². The molecule has 2 N–H and O–H groups in total. The van der Waals surface area contributed by atoms with Crippen LogP contribution in [-0.4, -0.2) is 17.0 Å². The van der Waals surface area contributed by atoms with Gasteiger partial charge in [-0.05, 0) is 30.3 Å². The van der Waals surface area contributed by atoms with E-state index in [-0.39, 0.29) is 26.9 Å². The first kappa shape index (κ1) is 15.3. The first-order chi connectivity index (χ1) is 9.90. The molecule has 2 rings (SSSR count). The topological polar surface area (TPSA) is 66.4 Å². The standard InChI is InChI=1S/C14H8Cl2FNO3/c15-10-5-4-7(6-9(10)14(20)21)18-13(19)8-2-1-3-11(16)12(8)17/h1-6H,(H,18,19)(H,20,21). The fourth-order valence-corrected chi connectivity index (χ4v) is 2.02. The van der Waals surface area contributed by atoms with Crippen molar-refractivity contribution in [3.8, 4) is 0 Å². The molecule has 0 saturated carbocycles. The van der Waals surface area contributed by atoms with Gasteiger partial charge in [0.25, 0.3) is 5.91 Å². The second kappa shape index (κ2) is 6.11. The van der Waals surface area contributed by atoms with Crippen LogP contribution in [0.1, 0.15) is 20.7 Å². The van der Waals surface area contributed by atoms with E-state index in [0.29, 0.717) is 0 Å². The average molecular weight is 328 g/mol. The van der Waals surface area contributed by atoms with Gasteiger partial charge in [0.1, 0.15) is 0 Å². The van der Waals surface area contributed by atoms with Gasteiger partial charge in [-0.3, -0.25) is 4.79 Å². The molecule has 0 saturated heterocycles. The number of amides is 1. The monoisotopic (exact) mass is 327 g/mol. The summed E-state index contributed by atoms with van der Waals surface area (Å²) in [5, 5.41) is 11.2. The highest BCUT2D eigenvalue weighted by molar-refractivity contribution is 6.33. The minimum Gasteiger partial charge on any atom is -0.478 e. The summed E-state index contributed by atoms with van der Waals surface area (Å²) in [7, 11) is 0. The van der Waals surface area contributed by atoms with E-state index >= 15 is 0 Å². The highest BCUT2D eigenvalue weighted by atomic mass is 35.5. The molecule has 0 aliphatic rings. The summed E-state index contributed by atoms with van der Waals surface area (Å²) in [6, 6.07) is 7.95. The van der Waals surface area contributed by atoms with Gasteiger partial charge in [-0.15, -0.1) is 0 Å². The first-order valence-corrected chi connectivity index (χ1v) is 6.44. The lowest BCUT2D eigenvalue weighted by Crippen LogP contribution is -2.14. The first-order valence-electron chi connectivity index (χ1n) is 5.68. The fourth-order valence-electron chi connectivity index (χ4n) is 1.64. The van der Waals surface area contributed by atoms with Gasteiger partial charge in [0.2, 0.25) is 0 Å². The Morgan fingerprint density at radius 1 is 1.05 bits per heavy atom. The molecule has 0 spiro atoms. The van der Waals surface area contributed by atoms with Crippen molar-refractivity contribution in [1.82, 2.24) is 0 Å². The molecular weight excluding hydrogens is 320 g/mol. The average Bonchev–Trinajstić information content (AvgIpc) is 2.43. The van der Waals surface area contributed by atoms with Gasteiger partial charge in [0.15, 0.2) is 5.82 Å². The SMILES string of the molecule is O=C(O)c1cc(NC(=O)c2cccc(Cl)c2F)ccc1Cl. The van der Waals surface area contributed by atoms with Crippen LogP contribution in [0.3, 0.4) is 0 Å². The number of carbonyl (C=O) groups is 2. The molecule has 0 aliphatic heterocycles. The number of carboxylic acid groups (broad SMARTS) is 1. The van der Waals surface area contributed by atoms with Crippen LogP contribution in [0.15, 0.2) is 36.4 Å². The molecule has 0 bridgehead atoms. The van der Waals surface area contributed by atoms with Gasteiger partial charge in [-0.25, -0.2) is 9.18 Å². The summed E-state index contributed by atoms with van der Waals surface area (Å²) in [6.45, 7) is 0. The number of carbonyl (C=O) groups excluding carboxylic acids is 1. The molecule has 0 aromatic heterocycles. The van der Waals surface area contributed by atoms with Crippen LogP contribution in [0.2, 0.25) is 10.0 Å². The van der Waals surface area contributed by atoms with E-state index in [2.05, 4.69) is 5.32 Å². The van der Waals surface area contributed by atoms with E-state index in [0.717, 1.165) is 0 Å². The van der Waals surface area contributed by atoms with Crippen LogP contribution in [0.5, 0.6) is 0 Å². The summed E-state index contributed by atoms with van der Waals surface area (Å²) in [5.41, 5.74) is -0.225. The van der Waals surface area contributed by atoms with Gasteiger partial charge in [-0.1, -0.05) is 29.3 Å². The normalized spacial score (nSPS) is 10.2. The molecule has 108 valence electrons. The van der Waals surface area contributed by atoms with E-state index in [4.69, 9.17) is 28.3 Å². The van der Waals surface area contributed by atoms with Gasteiger partial charge < -0.3 is 10.4 Å². The zero-order chi connectivity index (χ0) is 15.6.